The zero-order valence-corrected chi connectivity index (χ0v) is 17.5. The van der Waals surface area contributed by atoms with Crippen molar-refractivity contribution >= 4 is 5.91 Å². The molecule has 0 aliphatic rings. The van der Waals surface area contributed by atoms with E-state index in [1.165, 1.54) is 0 Å². The summed E-state index contributed by atoms with van der Waals surface area (Å²) in [6.45, 7) is 9.87. The van der Waals surface area contributed by atoms with Gasteiger partial charge in [0.05, 0.1) is 0 Å². The van der Waals surface area contributed by atoms with E-state index < -0.39 is 6.10 Å². The number of benzene rings is 2. The summed E-state index contributed by atoms with van der Waals surface area (Å²) >= 11 is 0. The summed E-state index contributed by atoms with van der Waals surface area (Å²) in [5, 5.41) is 4.07. The van der Waals surface area contributed by atoms with Crippen LogP contribution in [-0.2, 0) is 11.3 Å². The third kappa shape index (κ3) is 5.02. The van der Waals surface area contributed by atoms with Gasteiger partial charge in [-0.2, -0.15) is 4.98 Å². The van der Waals surface area contributed by atoms with Crippen LogP contribution in [0.5, 0.6) is 5.75 Å². The molecule has 0 saturated carbocycles. The molecule has 0 N–H and O–H groups in total. The number of aromatic nitrogens is 2. The van der Waals surface area contributed by atoms with E-state index in [-0.39, 0.29) is 18.5 Å². The third-order valence-corrected chi connectivity index (χ3v) is 4.70. The van der Waals surface area contributed by atoms with Gasteiger partial charge >= 0.3 is 0 Å². The van der Waals surface area contributed by atoms with Crippen LogP contribution in [0.2, 0.25) is 0 Å². The minimum Gasteiger partial charge on any atom is -0.481 e. The monoisotopic (exact) mass is 393 g/mol. The molecule has 152 valence electrons. The average Bonchev–Trinajstić information content (AvgIpc) is 3.16. The molecule has 0 aliphatic carbocycles. The summed E-state index contributed by atoms with van der Waals surface area (Å²) < 4.78 is 11.3. The molecule has 1 amide bonds. The van der Waals surface area contributed by atoms with Gasteiger partial charge in [0.15, 0.2) is 6.10 Å². The van der Waals surface area contributed by atoms with Gasteiger partial charge in [0.1, 0.15) is 12.3 Å². The topological polar surface area (TPSA) is 68.5 Å². The molecule has 0 bridgehead atoms. The summed E-state index contributed by atoms with van der Waals surface area (Å²) in [5.74, 6) is 1.49. The molecular weight excluding hydrogens is 366 g/mol. The first kappa shape index (κ1) is 20.6. The van der Waals surface area contributed by atoms with Crippen LogP contribution in [0.1, 0.15) is 37.8 Å². The smallest absolute Gasteiger partial charge is 0.264 e. The summed E-state index contributed by atoms with van der Waals surface area (Å²) in [6, 6.07) is 15.5. The minimum absolute atomic E-state index is 0.0419. The molecule has 1 atom stereocenters. The van der Waals surface area contributed by atoms with Gasteiger partial charge < -0.3 is 14.2 Å². The molecule has 1 unspecified atom stereocenters. The molecule has 2 aromatic carbocycles. The maximum Gasteiger partial charge on any atom is 0.264 e. The Morgan fingerprint density at radius 1 is 1.10 bits per heavy atom. The Morgan fingerprint density at radius 2 is 1.86 bits per heavy atom. The maximum absolute atomic E-state index is 13.0. The van der Waals surface area contributed by atoms with E-state index in [0.717, 1.165) is 16.7 Å². The first-order valence-corrected chi connectivity index (χ1v) is 9.77. The molecule has 1 heterocycles. The number of hydrogen-bond acceptors (Lipinski definition) is 5. The molecule has 0 aliphatic heterocycles. The zero-order chi connectivity index (χ0) is 21.0. The number of hydrogen-bond donors (Lipinski definition) is 0. The van der Waals surface area contributed by atoms with Crippen LogP contribution in [0.25, 0.3) is 11.4 Å². The van der Waals surface area contributed by atoms with Gasteiger partial charge in [0, 0.05) is 11.6 Å². The fraction of sp³-hybridized carbons (Fsp3) is 0.348. The lowest BCUT2D eigenvalue weighted by Gasteiger charge is -2.28. The molecular formula is C23H27N3O3. The van der Waals surface area contributed by atoms with Gasteiger partial charge in [-0.3, -0.25) is 4.79 Å². The Kier molecular flexibility index (Phi) is 6.32. The quantitative estimate of drug-likeness (QED) is 0.589. The predicted molar refractivity (Wildman–Crippen MR) is 111 cm³/mol. The van der Waals surface area contributed by atoms with E-state index in [4.69, 9.17) is 9.26 Å². The maximum atomic E-state index is 13.0. The van der Waals surface area contributed by atoms with Crippen molar-refractivity contribution in [2.45, 2.75) is 53.3 Å². The van der Waals surface area contributed by atoms with Crippen LogP contribution in [0.4, 0.5) is 0 Å². The lowest BCUT2D eigenvalue weighted by atomic mass is 10.1. The van der Waals surface area contributed by atoms with E-state index in [2.05, 4.69) is 10.1 Å². The van der Waals surface area contributed by atoms with Crippen LogP contribution >= 0.6 is 0 Å². The lowest BCUT2D eigenvalue weighted by molar-refractivity contribution is -0.140. The van der Waals surface area contributed by atoms with Gasteiger partial charge in [-0.15, -0.1) is 0 Å². The van der Waals surface area contributed by atoms with Gasteiger partial charge in [0.25, 0.3) is 5.91 Å². The van der Waals surface area contributed by atoms with Crippen LogP contribution in [0.3, 0.4) is 0 Å². The van der Waals surface area contributed by atoms with Crippen molar-refractivity contribution in [3.63, 3.8) is 0 Å². The van der Waals surface area contributed by atoms with Crippen LogP contribution in [0, 0.1) is 13.8 Å². The van der Waals surface area contributed by atoms with Gasteiger partial charge in [-0.25, -0.2) is 0 Å². The SMILES string of the molecule is Cc1cccc(-c2noc(CN(C(=O)C(C)Oc3ccccc3C)C(C)C)n2)c1. The first-order chi connectivity index (χ1) is 13.8. The first-order valence-electron chi connectivity index (χ1n) is 9.77. The Morgan fingerprint density at radius 3 is 2.55 bits per heavy atom. The van der Waals surface area contributed by atoms with E-state index >= 15 is 0 Å². The number of aryl methyl sites for hydroxylation is 2. The van der Waals surface area contributed by atoms with Crippen molar-refractivity contribution in [1.29, 1.82) is 0 Å². The second kappa shape index (κ2) is 8.90. The van der Waals surface area contributed by atoms with E-state index in [0.29, 0.717) is 17.5 Å². The lowest BCUT2D eigenvalue weighted by Crippen LogP contribution is -2.44. The molecule has 0 radical (unpaired) electrons. The number of amides is 1. The largest absolute Gasteiger partial charge is 0.481 e. The summed E-state index contributed by atoms with van der Waals surface area (Å²) in [7, 11) is 0. The number of para-hydroxylation sites is 1. The average molecular weight is 393 g/mol. The van der Waals surface area contributed by atoms with Crippen LogP contribution in [0.15, 0.2) is 53.1 Å². The van der Waals surface area contributed by atoms with Crippen molar-refractivity contribution in [3.8, 4) is 17.1 Å². The predicted octanol–water partition coefficient (Wildman–Crippen LogP) is 4.56. The summed E-state index contributed by atoms with van der Waals surface area (Å²) in [5.41, 5.74) is 3.00. The van der Waals surface area contributed by atoms with Gasteiger partial charge in [0.2, 0.25) is 11.7 Å². The molecule has 29 heavy (non-hydrogen) atoms. The third-order valence-electron chi connectivity index (χ3n) is 4.70. The highest BCUT2D eigenvalue weighted by Gasteiger charge is 2.26. The van der Waals surface area contributed by atoms with Crippen molar-refractivity contribution in [2.24, 2.45) is 0 Å². The second-order valence-electron chi connectivity index (χ2n) is 7.47. The normalized spacial score (nSPS) is 12.1. The van der Waals surface area contributed by atoms with Gasteiger partial charge in [-0.05, 0) is 52.3 Å². The number of carbonyl (C=O) groups is 1. The highest BCUT2D eigenvalue weighted by atomic mass is 16.5. The van der Waals surface area contributed by atoms with Crippen LogP contribution in [-0.4, -0.2) is 33.1 Å². The molecule has 0 saturated heterocycles. The molecule has 6 nitrogen and oxygen atoms in total. The molecule has 1 aromatic heterocycles. The molecule has 0 fully saturated rings. The second-order valence-corrected chi connectivity index (χ2v) is 7.47. The number of nitrogens with zero attached hydrogens (tertiary/aromatic N) is 3. The number of ether oxygens (including phenoxy) is 1. The van der Waals surface area contributed by atoms with Crippen LogP contribution < -0.4 is 4.74 Å². The van der Waals surface area contributed by atoms with Crippen molar-refractivity contribution in [3.05, 3.63) is 65.5 Å². The Balaban J connectivity index is 1.73. The summed E-state index contributed by atoms with van der Waals surface area (Å²) in [6.07, 6.45) is -0.627. The fourth-order valence-corrected chi connectivity index (χ4v) is 3.04. The Bertz CT molecular complexity index is 981. The number of carbonyl (C=O) groups excluding carboxylic acids is 1. The van der Waals surface area contributed by atoms with Crippen molar-refractivity contribution < 1.29 is 14.1 Å². The molecule has 3 aromatic rings. The highest BCUT2D eigenvalue weighted by molar-refractivity contribution is 5.81. The molecule has 0 spiro atoms. The van der Waals surface area contributed by atoms with Crippen molar-refractivity contribution in [1.82, 2.24) is 15.0 Å². The highest BCUT2D eigenvalue weighted by Crippen LogP contribution is 2.21. The standard InChI is InChI=1S/C23H27N3O3/c1-15(2)26(23(27)18(5)28-20-12-7-6-10-17(20)4)14-21-24-22(25-29-21)19-11-8-9-16(3)13-19/h6-13,15,18H,14H2,1-5H3. The Hall–Kier alpha value is -3.15. The minimum atomic E-state index is -0.627. The van der Waals surface area contributed by atoms with E-state index in [1.54, 1.807) is 11.8 Å². The summed E-state index contributed by atoms with van der Waals surface area (Å²) in [4.78, 5) is 19.2. The van der Waals surface area contributed by atoms with Crippen molar-refractivity contribution in [2.75, 3.05) is 0 Å². The fourth-order valence-electron chi connectivity index (χ4n) is 3.04. The molecule has 3 rings (SSSR count). The van der Waals surface area contributed by atoms with Gasteiger partial charge in [-0.1, -0.05) is 47.1 Å². The number of rotatable bonds is 7. The van der Waals surface area contributed by atoms with E-state index in [1.807, 2.05) is 76.2 Å². The zero-order valence-electron chi connectivity index (χ0n) is 17.5. The molecule has 6 heteroatoms. The van der Waals surface area contributed by atoms with E-state index in [9.17, 15) is 4.79 Å². The Labute approximate surface area is 171 Å².